The molecule has 1 aromatic heterocycles. The number of amides is 2. The van der Waals surface area contributed by atoms with E-state index in [2.05, 4.69) is 6.92 Å². The number of fused-ring (bicyclic) bond motifs is 3. The number of allylic oxidation sites excluding steroid dienone is 2. The maximum Gasteiger partial charge on any atom is 0.455 e. The van der Waals surface area contributed by atoms with Crippen LogP contribution in [0.1, 0.15) is 83.2 Å². The number of hydrogen-bond acceptors (Lipinski definition) is 7. The second-order valence-corrected chi connectivity index (χ2v) is 11.1. The summed E-state index contributed by atoms with van der Waals surface area (Å²) in [5.41, 5.74) is 3.31. The zero-order valence-electron chi connectivity index (χ0n) is 22.9. The third-order valence-corrected chi connectivity index (χ3v) is 8.30. The van der Waals surface area contributed by atoms with Crippen LogP contribution in [0.25, 0.3) is 6.08 Å². The largest absolute Gasteiger partial charge is 0.481 e. The van der Waals surface area contributed by atoms with Crippen LogP contribution < -0.4 is 0 Å². The van der Waals surface area contributed by atoms with Crippen LogP contribution in [0.15, 0.2) is 33.3 Å². The molecule has 2 fully saturated rings. The predicted molar refractivity (Wildman–Crippen MR) is 145 cm³/mol. The highest BCUT2D eigenvalue weighted by atomic mass is 16.5. The van der Waals surface area contributed by atoms with Gasteiger partial charge in [0.2, 0.25) is 11.8 Å². The van der Waals surface area contributed by atoms with E-state index in [1.165, 1.54) is 10.5 Å². The van der Waals surface area contributed by atoms with E-state index in [0.717, 1.165) is 30.4 Å². The molecule has 1 aliphatic carbocycles. The van der Waals surface area contributed by atoms with Gasteiger partial charge < -0.3 is 24.3 Å². The van der Waals surface area contributed by atoms with Crippen LogP contribution in [-0.2, 0) is 25.6 Å². The van der Waals surface area contributed by atoms with E-state index in [0.29, 0.717) is 56.5 Å². The summed E-state index contributed by atoms with van der Waals surface area (Å²) >= 11 is 0. The molecule has 0 unspecified atom stereocenters. The number of nitrogens with zero attached hydrogens (tertiary/aromatic N) is 1. The van der Waals surface area contributed by atoms with Gasteiger partial charge in [0.1, 0.15) is 18.1 Å². The zero-order valence-corrected chi connectivity index (χ0v) is 22.9. The standard InChI is InChI=1S/C29H40BNO8/c1-3-7-19(15-20-10-11-21(17-32)38-20)9-12-24-26-18(2)14-22-27(23(26)16-30(37)39-24)29(36)31(28(22)35)13-6-4-5-8-25(33)34/h10-11,15,22-24,27,32,37H,3-9,12-14,16-17H2,1-2H3,(H,33,34)/b19-15+/t22-,23+,24-,27-/m1/s1. The molecule has 2 aliphatic heterocycles. The topological polar surface area (TPSA) is 138 Å². The number of carbonyl (C=O) groups excluding carboxylic acids is 2. The number of hydrogen-bond donors (Lipinski definition) is 3. The van der Waals surface area contributed by atoms with Gasteiger partial charge in [-0.2, -0.15) is 0 Å². The van der Waals surface area contributed by atoms with Crippen molar-refractivity contribution in [3.8, 4) is 0 Å². The normalized spacial score (nSPS) is 25.4. The molecule has 0 saturated carbocycles. The highest BCUT2D eigenvalue weighted by Crippen LogP contribution is 2.50. The molecule has 39 heavy (non-hydrogen) atoms. The summed E-state index contributed by atoms with van der Waals surface area (Å²) in [5, 5.41) is 28.8. The van der Waals surface area contributed by atoms with Crippen LogP contribution in [-0.4, -0.2) is 57.7 Å². The molecule has 3 N–H and O–H groups in total. The van der Waals surface area contributed by atoms with E-state index >= 15 is 0 Å². The quantitative estimate of drug-likeness (QED) is 0.146. The van der Waals surface area contributed by atoms with Crippen LogP contribution in [0.5, 0.6) is 0 Å². The molecular formula is C29H40BNO8. The average molecular weight is 541 g/mol. The number of imide groups is 1. The Morgan fingerprint density at radius 2 is 1.92 bits per heavy atom. The molecule has 3 aliphatic rings. The van der Waals surface area contributed by atoms with Gasteiger partial charge in [-0.3, -0.25) is 19.3 Å². The number of carbonyl (C=O) groups is 3. The number of carboxylic acids is 1. The Morgan fingerprint density at radius 3 is 2.62 bits per heavy atom. The Labute approximate surface area is 230 Å². The van der Waals surface area contributed by atoms with Crippen LogP contribution in [0.4, 0.5) is 0 Å². The highest BCUT2D eigenvalue weighted by molar-refractivity contribution is 6.43. The van der Waals surface area contributed by atoms with Crippen molar-refractivity contribution in [2.45, 2.75) is 90.7 Å². The lowest BCUT2D eigenvalue weighted by Gasteiger charge is -2.42. The minimum Gasteiger partial charge on any atom is -0.481 e. The molecule has 4 rings (SSSR count). The molecule has 1 aromatic rings. The van der Waals surface area contributed by atoms with Crippen molar-refractivity contribution < 1.29 is 38.7 Å². The molecule has 10 heteroatoms. The fourth-order valence-electron chi connectivity index (χ4n) is 6.59. The number of furan rings is 1. The van der Waals surface area contributed by atoms with Gasteiger partial charge in [-0.15, -0.1) is 0 Å². The SMILES string of the molecule is CCC/C(=C\c1ccc(CO)o1)CC[C@H]1OB(O)C[C@H]2C1=C(C)C[C@H]1C(=O)N(CCCCCC(=O)O)C(=O)[C@H]12. The lowest BCUT2D eigenvalue weighted by atomic mass is 9.58. The monoisotopic (exact) mass is 541 g/mol. The maximum absolute atomic E-state index is 13.5. The van der Waals surface area contributed by atoms with E-state index in [1.54, 1.807) is 6.07 Å². The van der Waals surface area contributed by atoms with Gasteiger partial charge in [0.25, 0.3) is 0 Å². The summed E-state index contributed by atoms with van der Waals surface area (Å²) in [6.07, 6.45) is 7.54. The minimum atomic E-state index is -1.00. The Hall–Kier alpha value is -2.69. The maximum atomic E-state index is 13.5. The van der Waals surface area contributed by atoms with Gasteiger partial charge in [-0.1, -0.05) is 30.9 Å². The number of unbranched alkanes of at least 4 members (excludes halogenated alkanes) is 2. The van der Waals surface area contributed by atoms with Crippen LogP contribution in [0, 0.1) is 17.8 Å². The Balaban J connectivity index is 1.46. The Kier molecular flexibility index (Phi) is 9.85. The first-order chi connectivity index (χ1) is 18.7. The van der Waals surface area contributed by atoms with Gasteiger partial charge in [0.15, 0.2) is 0 Å². The third kappa shape index (κ3) is 6.73. The van der Waals surface area contributed by atoms with Crippen molar-refractivity contribution in [1.82, 2.24) is 4.90 Å². The Morgan fingerprint density at radius 1 is 1.13 bits per heavy atom. The molecule has 3 heterocycles. The third-order valence-electron chi connectivity index (χ3n) is 8.30. The fraction of sp³-hybridized carbons (Fsp3) is 0.621. The number of aliphatic hydroxyl groups excluding tert-OH is 1. The summed E-state index contributed by atoms with van der Waals surface area (Å²) in [6.45, 7) is 4.29. The molecule has 0 aromatic carbocycles. The van der Waals surface area contributed by atoms with Crippen molar-refractivity contribution in [2.75, 3.05) is 6.54 Å². The predicted octanol–water partition coefficient (Wildman–Crippen LogP) is 4.20. The van der Waals surface area contributed by atoms with E-state index in [9.17, 15) is 24.5 Å². The van der Waals surface area contributed by atoms with E-state index < -0.39 is 24.9 Å². The van der Waals surface area contributed by atoms with Gasteiger partial charge in [-0.05, 0) is 81.5 Å². The van der Waals surface area contributed by atoms with Crippen LogP contribution in [0.3, 0.4) is 0 Å². The van der Waals surface area contributed by atoms with Crippen molar-refractivity contribution in [1.29, 1.82) is 0 Å². The second-order valence-electron chi connectivity index (χ2n) is 11.1. The lowest BCUT2D eigenvalue weighted by Crippen LogP contribution is -2.46. The van der Waals surface area contributed by atoms with E-state index in [-0.39, 0.29) is 36.9 Å². The van der Waals surface area contributed by atoms with Crippen molar-refractivity contribution in [3.05, 3.63) is 40.4 Å². The molecule has 2 saturated heterocycles. The first-order valence-corrected chi connectivity index (χ1v) is 14.2. The van der Waals surface area contributed by atoms with Crippen molar-refractivity contribution >= 4 is 31.0 Å². The average Bonchev–Trinajstić information content (AvgIpc) is 3.44. The van der Waals surface area contributed by atoms with Crippen LogP contribution in [0.2, 0.25) is 6.32 Å². The molecule has 9 nitrogen and oxygen atoms in total. The first-order valence-electron chi connectivity index (χ1n) is 14.2. The smallest absolute Gasteiger partial charge is 0.455 e. The van der Waals surface area contributed by atoms with Gasteiger partial charge >= 0.3 is 13.1 Å². The summed E-state index contributed by atoms with van der Waals surface area (Å²) in [5.74, 6) is -1.08. The molecule has 0 radical (unpaired) electrons. The summed E-state index contributed by atoms with van der Waals surface area (Å²) in [4.78, 5) is 38.9. The Bertz CT molecular complexity index is 1120. The van der Waals surface area contributed by atoms with Crippen molar-refractivity contribution in [2.24, 2.45) is 17.8 Å². The summed E-state index contributed by atoms with van der Waals surface area (Å²) in [6, 6.07) is 3.60. The van der Waals surface area contributed by atoms with Gasteiger partial charge in [-0.25, -0.2) is 0 Å². The molecule has 0 bridgehead atoms. The zero-order chi connectivity index (χ0) is 28.1. The number of likely N-dealkylation sites (tertiary alicyclic amines) is 1. The van der Waals surface area contributed by atoms with Crippen molar-refractivity contribution in [3.63, 3.8) is 0 Å². The minimum absolute atomic E-state index is 0.0847. The number of rotatable bonds is 13. The second kappa shape index (κ2) is 13.1. The highest BCUT2D eigenvalue weighted by Gasteiger charge is 2.56. The molecule has 212 valence electrons. The molecule has 4 atom stereocenters. The first kappa shape index (κ1) is 29.3. The molecule has 0 spiro atoms. The molecular weight excluding hydrogens is 501 g/mol. The lowest BCUT2D eigenvalue weighted by molar-refractivity contribution is -0.141. The number of aliphatic hydroxyl groups is 1. The van der Waals surface area contributed by atoms with Gasteiger partial charge in [0.05, 0.1) is 17.9 Å². The van der Waals surface area contributed by atoms with Crippen LogP contribution >= 0.6 is 0 Å². The number of aliphatic carboxylic acids is 1. The van der Waals surface area contributed by atoms with E-state index in [1.807, 2.05) is 19.1 Å². The van der Waals surface area contributed by atoms with Gasteiger partial charge in [0, 0.05) is 13.0 Å². The summed E-state index contributed by atoms with van der Waals surface area (Å²) in [7, 11) is -1.00. The molecule has 2 amide bonds. The van der Waals surface area contributed by atoms with E-state index in [4.69, 9.17) is 14.2 Å². The fourth-order valence-corrected chi connectivity index (χ4v) is 6.59. The summed E-state index contributed by atoms with van der Waals surface area (Å²) < 4.78 is 11.7. The number of carboxylic acid groups (broad SMARTS) is 1.